The zero-order valence-corrected chi connectivity index (χ0v) is 8.86. The summed E-state index contributed by atoms with van der Waals surface area (Å²) in [5.41, 5.74) is 0.768. The average molecular weight is 215 g/mol. The van der Waals surface area contributed by atoms with Crippen LogP contribution < -0.4 is 0 Å². The molecule has 1 atom stereocenters. The van der Waals surface area contributed by atoms with Crippen LogP contribution in [0.2, 0.25) is 0 Å². The van der Waals surface area contributed by atoms with Crippen LogP contribution >= 0.6 is 0 Å². The van der Waals surface area contributed by atoms with E-state index >= 15 is 0 Å². The minimum Gasteiger partial charge on any atom is -0.166 e. The highest BCUT2D eigenvalue weighted by Gasteiger charge is 2.31. The van der Waals surface area contributed by atoms with Crippen molar-refractivity contribution in [3.63, 3.8) is 0 Å². The molecular formula is C12H14F3. The Morgan fingerprint density at radius 3 is 2.27 bits per heavy atom. The number of benzene rings is 1. The Balaban J connectivity index is 3.23. The van der Waals surface area contributed by atoms with Crippen molar-refractivity contribution in [2.24, 2.45) is 0 Å². The first kappa shape index (κ1) is 12.1. The van der Waals surface area contributed by atoms with Gasteiger partial charge in [-0.2, -0.15) is 13.2 Å². The van der Waals surface area contributed by atoms with E-state index in [9.17, 15) is 13.2 Å². The van der Waals surface area contributed by atoms with Gasteiger partial charge in [0.05, 0.1) is 5.56 Å². The second kappa shape index (κ2) is 4.25. The zero-order chi connectivity index (χ0) is 11.6. The third-order valence-corrected chi connectivity index (χ3v) is 2.32. The fourth-order valence-corrected chi connectivity index (χ4v) is 1.37. The molecule has 1 radical (unpaired) electrons. The first-order valence-corrected chi connectivity index (χ1v) is 4.88. The number of alkyl halides is 3. The third kappa shape index (κ3) is 2.98. The second-order valence-electron chi connectivity index (χ2n) is 3.72. The summed E-state index contributed by atoms with van der Waals surface area (Å²) in [4.78, 5) is 0. The summed E-state index contributed by atoms with van der Waals surface area (Å²) in [7, 11) is 0. The monoisotopic (exact) mass is 215 g/mol. The first-order valence-electron chi connectivity index (χ1n) is 4.88. The molecule has 0 N–H and O–H groups in total. The van der Waals surface area contributed by atoms with E-state index in [4.69, 9.17) is 0 Å². The zero-order valence-electron chi connectivity index (χ0n) is 8.86. The standard InChI is InChI=1S/C12H14F3/c1-4-9-5-10(8(2)3)7-11(6-9)12(13,14)15/h5-8H,2,4H2,1,3H3. The maximum atomic E-state index is 12.5. The highest BCUT2D eigenvalue weighted by Crippen LogP contribution is 2.32. The molecule has 3 heteroatoms. The molecular weight excluding hydrogens is 201 g/mol. The molecule has 0 fully saturated rings. The molecule has 1 aromatic rings. The predicted molar refractivity (Wildman–Crippen MR) is 54.6 cm³/mol. The van der Waals surface area contributed by atoms with E-state index in [0.29, 0.717) is 17.5 Å². The molecule has 0 aliphatic rings. The van der Waals surface area contributed by atoms with E-state index < -0.39 is 11.7 Å². The van der Waals surface area contributed by atoms with Crippen LogP contribution in [0.1, 0.15) is 36.5 Å². The van der Waals surface area contributed by atoms with Crippen LogP contribution in [0.5, 0.6) is 0 Å². The number of rotatable bonds is 2. The van der Waals surface area contributed by atoms with Crippen molar-refractivity contribution >= 4 is 0 Å². The number of hydrogen-bond acceptors (Lipinski definition) is 0. The van der Waals surface area contributed by atoms with Crippen LogP contribution in [0.4, 0.5) is 13.2 Å². The number of halogens is 3. The molecule has 0 saturated carbocycles. The maximum absolute atomic E-state index is 12.5. The number of hydrogen-bond donors (Lipinski definition) is 0. The van der Waals surface area contributed by atoms with Gasteiger partial charge in [0.2, 0.25) is 0 Å². The first-order chi connectivity index (χ1) is 6.84. The van der Waals surface area contributed by atoms with Crippen molar-refractivity contribution < 1.29 is 13.2 Å². The lowest BCUT2D eigenvalue weighted by Gasteiger charge is -2.13. The lowest BCUT2D eigenvalue weighted by Crippen LogP contribution is -2.07. The van der Waals surface area contributed by atoms with Crippen molar-refractivity contribution in [3.05, 3.63) is 41.8 Å². The van der Waals surface area contributed by atoms with Gasteiger partial charge in [-0.15, -0.1) is 0 Å². The summed E-state index contributed by atoms with van der Waals surface area (Å²) in [6.07, 6.45) is -3.67. The molecule has 0 heterocycles. The Morgan fingerprint density at radius 1 is 1.27 bits per heavy atom. The Kier molecular flexibility index (Phi) is 3.42. The van der Waals surface area contributed by atoms with Gasteiger partial charge in [-0.25, -0.2) is 0 Å². The van der Waals surface area contributed by atoms with Crippen molar-refractivity contribution in [1.29, 1.82) is 0 Å². The lowest BCUT2D eigenvalue weighted by atomic mass is 9.96. The van der Waals surface area contributed by atoms with E-state index in [0.717, 1.165) is 0 Å². The van der Waals surface area contributed by atoms with Gasteiger partial charge in [0.25, 0.3) is 0 Å². The summed E-state index contributed by atoms with van der Waals surface area (Å²) >= 11 is 0. The highest BCUT2D eigenvalue weighted by atomic mass is 19.4. The molecule has 83 valence electrons. The van der Waals surface area contributed by atoms with Gasteiger partial charge in [0.15, 0.2) is 0 Å². The van der Waals surface area contributed by atoms with E-state index in [1.165, 1.54) is 12.1 Å². The van der Waals surface area contributed by atoms with Gasteiger partial charge in [0.1, 0.15) is 0 Å². The molecule has 0 nitrogen and oxygen atoms in total. The Hall–Kier alpha value is -0.990. The predicted octanol–water partition coefficient (Wildman–Crippen LogP) is 4.21. The molecule has 15 heavy (non-hydrogen) atoms. The summed E-state index contributed by atoms with van der Waals surface area (Å²) in [6, 6.07) is 4.16. The molecule has 1 aromatic carbocycles. The molecule has 0 saturated heterocycles. The average Bonchev–Trinajstić information content (AvgIpc) is 2.15. The molecule has 0 amide bonds. The fraction of sp³-hybridized carbons (Fsp3) is 0.417. The maximum Gasteiger partial charge on any atom is 0.416 e. The van der Waals surface area contributed by atoms with Crippen LogP contribution in [0.25, 0.3) is 0 Å². The molecule has 0 aliphatic heterocycles. The minimum absolute atomic E-state index is 0.127. The van der Waals surface area contributed by atoms with E-state index in [1.54, 1.807) is 13.0 Å². The SMILES string of the molecule is [CH2]C(C)c1cc(CC)cc(C(F)(F)F)c1. The fourth-order valence-electron chi connectivity index (χ4n) is 1.37. The van der Waals surface area contributed by atoms with Crippen LogP contribution in [-0.4, -0.2) is 0 Å². The summed E-state index contributed by atoms with van der Waals surface area (Å²) < 4.78 is 37.6. The van der Waals surface area contributed by atoms with Crippen molar-refractivity contribution in [2.75, 3.05) is 0 Å². The number of aryl methyl sites for hydroxylation is 1. The van der Waals surface area contributed by atoms with E-state index in [2.05, 4.69) is 6.92 Å². The highest BCUT2D eigenvalue weighted by molar-refractivity contribution is 5.34. The van der Waals surface area contributed by atoms with Gasteiger partial charge in [-0.05, 0) is 42.5 Å². The normalized spacial score (nSPS) is 12.2. The molecule has 0 aromatic heterocycles. The Bertz CT molecular complexity index is 337. The van der Waals surface area contributed by atoms with Crippen LogP contribution in [0.15, 0.2) is 18.2 Å². The summed E-state index contributed by atoms with van der Waals surface area (Å²) in [5.74, 6) is -0.127. The van der Waals surface area contributed by atoms with Gasteiger partial charge in [0, 0.05) is 0 Å². The summed E-state index contributed by atoms with van der Waals surface area (Å²) in [5, 5.41) is 0. The van der Waals surface area contributed by atoms with Crippen LogP contribution in [0.3, 0.4) is 0 Å². The van der Waals surface area contributed by atoms with Gasteiger partial charge < -0.3 is 0 Å². The molecule has 0 bridgehead atoms. The van der Waals surface area contributed by atoms with Crippen molar-refractivity contribution in [1.82, 2.24) is 0 Å². The largest absolute Gasteiger partial charge is 0.416 e. The lowest BCUT2D eigenvalue weighted by molar-refractivity contribution is -0.137. The van der Waals surface area contributed by atoms with Crippen molar-refractivity contribution in [2.45, 2.75) is 32.4 Å². The molecule has 0 aliphatic carbocycles. The van der Waals surface area contributed by atoms with Crippen LogP contribution in [-0.2, 0) is 12.6 Å². The topological polar surface area (TPSA) is 0 Å². The van der Waals surface area contributed by atoms with Crippen LogP contribution in [0, 0.1) is 6.92 Å². The smallest absolute Gasteiger partial charge is 0.166 e. The second-order valence-corrected chi connectivity index (χ2v) is 3.72. The van der Waals surface area contributed by atoms with Crippen molar-refractivity contribution in [3.8, 4) is 0 Å². The quantitative estimate of drug-likeness (QED) is 0.693. The summed E-state index contributed by atoms with van der Waals surface area (Å²) in [6.45, 7) is 7.37. The van der Waals surface area contributed by atoms with Gasteiger partial charge in [-0.1, -0.05) is 19.9 Å². The molecule has 1 unspecified atom stereocenters. The van der Waals surface area contributed by atoms with Gasteiger partial charge >= 0.3 is 6.18 Å². The van der Waals surface area contributed by atoms with Gasteiger partial charge in [-0.3, -0.25) is 0 Å². The van der Waals surface area contributed by atoms with E-state index in [1.807, 2.05) is 6.92 Å². The Labute approximate surface area is 88.1 Å². The third-order valence-electron chi connectivity index (χ3n) is 2.32. The van der Waals surface area contributed by atoms with E-state index in [-0.39, 0.29) is 5.92 Å². The minimum atomic E-state index is -4.27. The molecule has 0 spiro atoms. The molecule has 1 rings (SSSR count). The Morgan fingerprint density at radius 2 is 1.87 bits per heavy atom.